The fourth-order valence-corrected chi connectivity index (χ4v) is 3.42. The van der Waals surface area contributed by atoms with Crippen molar-refractivity contribution in [1.82, 2.24) is 4.98 Å². The molecule has 2 heterocycles. The van der Waals surface area contributed by atoms with Crippen LogP contribution in [0.1, 0.15) is 5.69 Å². The standard InChI is InChI=1S/C15H14N2OS2/c1-18-14-5-3-2-4-13(14)16-8-12-10-20-15(17-12)11-6-7-19-9-11/h2-7,9-10,16H,8H2,1H3. The number of thiophene rings is 1. The lowest BCUT2D eigenvalue weighted by Crippen LogP contribution is -2.01. The lowest BCUT2D eigenvalue weighted by atomic mass is 10.3. The molecule has 0 aliphatic carbocycles. The van der Waals surface area contributed by atoms with Gasteiger partial charge in [-0.3, -0.25) is 0 Å². The number of aromatic nitrogens is 1. The van der Waals surface area contributed by atoms with Crippen molar-refractivity contribution in [2.24, 2.45) is 0 Å². The van der Waals surface area contributed by atoms with E-state index in [9.17, 15) is 0 Å². The fourth-order valence-electron chi connectivity index (χ4n) is 1.88. The van der Waals surface area contributed by atoms with Crippen LogP contribution in [0.25, 0.3) is 10.6 Å². The second-order valence-corrected chi connectivity index (χ2v) is 5.85. The Morgan fingerprint density at radius 3 is 2.90 bits per heavy atom. The number of nitrogens with one attached hydrogen (secondary N) is 1. The molecule has 1 aromatic carbocycles. The molecule has 3 aromatic rings. The summed E-state index contributed by atoms with van der Waals surface area (Å²) in [7, 11) is 1.68. The van der Waals surface area contributed by atoms with Crippen LogP contribution in [0, 0.1) is 0 Å². The average molecular weight is 302 g/mol. The molecule has 0 amide bonds. The lowest BCUT2D eigenvalue weighted by Gasteiger charge is -2.09. The van der Waals surface area contributed by atoms with Gasteiger partial charge in [-0.1, -0.05) is 12.1 Å². The van der Waals surface area contributed by atoms with E-state index in [-0.39, 0.29) is 0 Å². The first kappa shape index (κ1) is 13.1. The Morgan fingerprint density at radius 1 is 1.20 bits per heavy atom. The molecular formula is C15H14N2OS2. The van der Waals surface area contributed by atoms with Crippen LogP contribution in [-0.2, 0) is 6.54 Å². The number of nitrogens with zero attached hydrogens (tertiary/aromatic N) is 1. The maximum absolute atomic E-state index is 5.32. The van der Waals surface area contributed by atoms with Gasteiger partial charge >= 0.3 is 0 Å². The van der Waals surface area contributed by atoms with Crippen LogP contribution >= 0.6 is 22.7 Å². The van der Waals surface area contributed by atoms with Gasteiger partial charge in [0.15, 0.2) is 0 Å². The molecule has 3 rings (SSSR count). The van der Waals surface area contributed by atoms with Gasteiger partial charge in [0.25, 0.3) is 0 Å². The first-order chi connectivity index (χ1) is 9.86. The van der Waals surface area contributed by atoms with Crippen molar-refractivity contribution in [1.29, 1.82) is 0 Å². The number of hydrogen-bond donors (Lipinski definition) is 1. The Kier molecular flexibility index (Phi) is 3.99. The van der Waals surface area contributed by atoms with Gasteiger partial charge in [0.05, 0.1) is 25.0 Å². The molecule has 2 aromatic heterocycles. The highest BCUT2D eigenvalue weighted by Crippen LogP contribution is 2.27. The summed E-state index contributed by atoms with van der Waals surface area (Å²) in [6.45, 7) is 0.695. The molecule has 0 radical (unpaired) electrons. The van der Waals surface area contributed by atoms with Crippen LogP contribution in [0.2, 0.25) is 0 Å². The Bertz CT molecular complexity index is 677. The summed E-state index contributed by atoms with van der Waals surface area (Å²) in [5, 5.41) is 10.7. The zero-order chi connectivity index (χ0) is 13.8. The van der Waals surface area contributed by atoms with Crippen molar-refractivity contribution < 1.29 is 4.74 Å². The van der Waals surface area contributed by atoms with E-state index < -0.39 is 0 Å². The molecule has 5 heteroatoms. The third-order valence-corrected chi connectivity index (χ3v) is 4.51. The number of rotatable bonds is 5. The van der Waals surface area contributed by atoms with E-state index in [2.05, 4.69) is 32.5 Å². The SMILES string of the molecule is COc1ccccc1NCc1csc(-c2ccsc2)n1. The lowest BCUT2D eigenvalue weighted by molar-refractivity contribution is 0.416. The minimum Gasteiger partial charge on any atom is -0.495 e. The summed E-state index contributed by atoms with van der Waals surface area (Å²) < 4.78 is 5.32. The molecule has 0 fully saturated rings. The van der Waals surface area contributed by atoms with Gasteiger partial charge in [-0.05, 0) is 23.6 Å². The highest BCUT2D eigenvalue weighted by molar-refractivity contribution is 7.14. The molecule has 0 atom stereocenters. The number of anilines is 1. The predicted octanol–water partition coefficient (Wildman–Crippen LogP) is 4.49. The summed E-state index contributed by atoms with van der Waals surface area (Å²) >= 11 is 3.37. The van der Waals surface area contributed by atoms with Crippen molar-refractivity contribution in [2.45, 2.75) is 6.54 Å². The van der Waals surface area contributed by atoms with E-state index in [1.165, 1.54) is 5.56 Å². The zero-order valence-corrected chi connectivity index (χ0v) is 12.6. The molecule has 0 aliphatic rings. The van der Waals surface area contributed by atoms with Crippen molar-refractivity contribution >= 4 is 28.4 Å². The van der Waals surface area contributed by atoms with E-state index in [1.807, 2.05) is 24.3 Å². The molecule has 102 valence electrons. The van der Waals surface area contributed by atoms with Crippen LogP contribution < -0.4 is 10.1 Å². The average Bonchev–Trinajstić information content (AvgIpc) is 3.16. The minimum absolute atomic E-state index is 0.695. The largest absolute Gasteiger partial charge is 0.495 e. The minimum atomic E-state index is 0.695. The molecule has 3 nitrogen and oxygen atoms in total. The first-order valence-corrected chi connectivity index (χ1v) is 8.03. The molecule has 0 saturated heterocycles. The van der Waals surface area contributed by atoms with Crippen LogP contribution in [-0.4, -0.2) is 12.1 Å². The number of para-hydroxylation sites is 2. The van der Waals surface area contributed by atoms with E-state index in [0.29, 0.717) is 6.54 Å². The highest BCUT2D eigenvalue weighted by atomic mass is 32.1. The second kappa shape index (κ2) is 6.07. The number of benzene rings is 1. The summed E-state index contributed by atoms with van der Waals surface area (Å²) in [6, 6.07) is 10.00. The van der Waals surface area contributed by atoms with Crippen molar-refractivity contribution in [2.75, 3.05) is 12.4 Å². The maximum Gasteiger partial charge on any atom is 0.141 e. The molecule has 1 N–H and O–H groups in total. The maximum atomic E-state index is 5.32. The second-order valence-electron chi connectivity index (χ2n) is 4.21. The number of ether oxygens (including phenoxy) is 1. The molecule has 20 heavy (non-hydrogen) atoms. The van der Waals surface area contributed by atoms with Crippen molar-refractivity contribution in [3.8, 4) is 16.3 Å². The van der Waals surface area contributed by atoms with Gasteiger partial charge in [0.1, 0.15) is 10.8 Å². The molecule has 0 saturated carbocycles. The van der Waals surface area contributed by atoms with Gasteiger partial charge in [-0.2, -0.15) is 11.3 Å². The molecular weight excluding hydrogens is 288 g/mol. The predicted molar refractivity (Wildman–Crippen MR) is 85.7 cm³/mol. The van der Waals surface area contributed by atoms with Crippen LogP contribution in [0.5, 0.6) is 5.75 Å². The van der Waals surface area contributed by atoms with Gasteiger partial charge in [0, 0.05) is 16.3 Å². The fraction of sp³-hybridized carbons (Fsp3) is 0.133. The summed E-state index contributed by atoms with van der Waals surface area (Å²) in [5.74, 6) is 0.848. The zero-order valence-electron chi connectivity index (χ0n) is 11.0. The summed E-state index contributed by atoms with van der Waals surface area (Å²) in [4.78, 5) is 4.65. The van der Waals surface area contributed by atoms with Crippen LogP contribution in [0.3, 0.4) is 0 Å². The molecule has 0 unspecified atom stereocenters. The normalized spacial score (nSPS) is 10.4. The Morgan fingerprint density at radius 2 is 2.10 bits per heavy atom. The summed E-state index contributed by atoms with van der Waals surface area (Å²) in [5.41, 5.74) is 3.23. The van der Waals surface area contributed by atoms with Gasteiger partial charge in [-0.15, -0.1) is 11.3 Å². The third-order valence-electron chi connectivity index (χ3n) is 2.89. The molecule has 0 spiro atoms. The number of methoxy groups -OCH3 is 1. The van der Waals surface area contributed by atoms with Gasteiger partial charge in [0.2, 0.25) is 0 Å². The first-order valence-electron chi connectivity index (χ1n) is 6.20. The third kappa shape index (κ3) is 2.84. The quantitative estimate of drug-likeness (QED) is 0.754. The molecule has 0 bridgehead atoms. The molecule has 0 aliphatic heterocycles. The Balaban J connectivity index is 1.70. The van der Waals surface area contributed by atoms with Crippen LogP contribution in [0.4, 0.5) is 5.69 Å². The van der Waals surface area contributed by atoms with Crippen molar-refractivity contribution in [3.63, 3.8) is 0 Å². The summed E-state index contributed by atoms with van der Waals surface area (Å²) in [6.07, 6.45) is 0. The van der Waals surface area contributed by atoms with E-state index in [1.54, 1.807) is 29.8 Å². The number of thiazole rings is 1. The van der Waals surface area contributed by atoms with Gasteiger partial charge in [-0.25, -0.2) is 4.98 Å². The van der Waals surface area contributed by atoms with E-state index in [0.717, 1.165) is 22.1 Å². The van der Waals surface area contributed by atoms with Crippen molar-refractivity contribution in [3.05, 3.63) is 52.2 Å². The smallest absolute Gasteiger partial charge is 0.141 e. The monoisotopic (exact) mass is 302 g/mol. The van der Waals surface area contributed by atoms with Gasteiger partial charge < -0.3 is 10.1 Å². The van der Waals surface area contributed by atoms with Crippen LogP contribution in [0.15, 0.2) is 46.5 Å². The highest BCUT2D eigenvalue weighted by Gasteiger charge is 2.06. The Hall–Kier alpha value is -1.85. The van der Waals surface area contributed by atoms with E-state index in [4.69, 9.17) is 4.74 Å². The Labute approximate surface area is 125 Å². The topological polar surface area (TPSA) is 34.1 Å². The number of hydrogen-bond acceptors (Lipinski definition) is 5. The van der Waals surface area contributed by atoms with E-state index >= 15 is 0 Å².